The second-order valence-corrected chi connectivity index (χ2v) is 9.68. The van der Waals surface area contributed by atoms with Gasteiger partial charge in [-0.15, -0.1) is 0 Å². The highest BCUT2D eigenvalue weighted by atomic mass is 16.2. The summed E-state index contributed by atoms with van der Waals surface area (Å²) >= 11 is 0. The summed E-state index contributed by atoms with van der Waals surface area (Å²) in [5.74, 6) is -0.311. The van der Waals surface area contributed by atoms with Crippen molar-refractivity contribution in [1.29, 1.82) is 0 Å². The molecule has 1 N–H and O–H groups in total. The molecule has 2 heterocycles. The van der Waals surface area contributed by atoms with Gasteiger partial charge in [-0.05, 0) is 57.1 Å². The minimum absolute atomic E-state index is 0.0917. The lowest BCUT2D eigenvalue weighted by atomic mass is 9.73. The zero-order chi connectivity index (χ0) is 21.0. The van der Waals surface area contributed by atoms with Gasteiger partial charge in [0, 0.05) is 12.1 Å². The number of hydrogen-bond acceptors (Lipinski definition) is 3. The molecule has 1 aromatic carbocycles. The van der Waals surface area contributed by atoms with Crippen molar-refractivity contribution in [3.8, 4) is 0 Å². The summed E-state index contributed by atoms with van der Waals surface area (Å²) in [6.45, 7) is 8.48. The first kappa shape index (κ1) is 19.9. The van der Waals surface area contributed by atoms with E-state index in [2.05, 4.69) is 23.5 Å². The number of nitrogens with one attached hydrogen (secondary N) is 1. The second-order valence-electron chi connectivity index (χ2n) is 9.68. The van der Waals surface area contributed by atoms with Crippen LogP contribution < -0.4 is 5.32 Å². The number of hydrogen-bond donors (Lipinski definition) is 1. The van der Waals surface area contributed by atoms with Crippen LogP contribution >= 0.6 is 0 Å². The van der Waals surface area contributed by atoms with Gasteiger partial charge >= 0.3 is 6.03 Å². The lowest BCUT2D eigenvalue weighted by Gasteiger charge is -2.44. The lowest BCUT2D eigenvalue weighted by molar-refractivity contribution is -0.144. The van der Waals surface area contributed by atoms with Crippen LogP contribution in [0.2, 0.25) is 0 Å². The monoisotopic (exact) mass is 397 g/mol. The Hall–Kier alpha value is -2.37. The number of nitrogens with zero attached hydrogens (tertiary/aromatic N) is 2. The number of rotatable bonds is 2. The number of aryl methyl sites for hydroxylation is 1. The van der Waals surface area contributed by atoms with Gasteiger partial charge in [-0.25, -0.2) is 4.79 Å². The van der Waals surface area contributed by atoms with Crippen molar-refractivity contribution in [2.45, 2.75) is 77.4 Å². The van der Waals surface area contributed by atoms with Gasteiger partial charge in [-0.2, -0.15) is 0 Å². The van der Waals surface area contributed by atoms with Crippen molar-refractivity contribution in [3.05, 3.63) is 34.9 Å². The molecule has 29 heavy (non-hydrogen) atoms. The van der Waals surface area contributed by atoms with E-state index in [1.165, 1.54) is 5.56 Å². The molecule has 2 atom stereocenters. The maximum Gasteiger partial charge on any atom is 0.325 e. The molecule has 1 aromatic rings. The molecule has 6 heteroatoms. The van der Waals surface area contributed by atoms with Crippen molar-refractivity contribution < 1.29 is 14.4 Å². The van der Waals surface area contributed by atoms with Crippen LogP contribution in [0, 0.1) is 12.8 Å². The van der Waals surface area contributed by atoms with Gasteiger partial charge in [0.25, 0.3) is 5.91 Å². The van der Waals surface area contributed by atoms with Crippen molar-refractivity contribution in [1.82, 2.24) is 15.1 Å². The van der Waals surface area contributed by atoms with E-state index in [1.807, 2.05) is 32.6 Å². The number of imide groups is 1. The van der Waals surface area contributed by atoms with Gasteiger partial charge in [0.15, 0.2) is 0 Å². The fourth-order valence-corrected chi connectivity index (χ4v) is 5.31. The molecule has 0 bridgehead atoms. The topological polar surface area (TPSA) is 69.7 Å². The first-order chi connectivity index (χ1) is 13.6. The minimum Gasteiger partial charge on any atom is -0.331 e. The summed E-state index contributed by atoms with van der Waals surface area (Å²) in [5, 5.41) is 2.94. The Morgan fingerprint density at radius 1 is 1.21 bits per heavy atom. The first-order valence-corrected chi connectivity index (χ1v) is 10.7. The van der Waals surface area contributed by atoms with Gasteiger partial charge in [-0.1, -0.05) is 43.5 Å². The molecule has 1 saturated carbocycles. The molecule has 1 saturated heterocycles. The van der Waals surface area contributed by atoms with Crippen LogP contribution in [0.25, 0.3) is 0 Å². The van der Waals surface area contributed by atoms with Gasteiger partial charge in [0.05, 0.1) is 0 Å². The number of amides is 4. The van der Waals surface area contributed by atoms with Crippen LogP contribution in [-0.4, -0.2) is 45.3 Å². The summed E-state index contributed by atoms with van der Waals surface area (Å²) in [5.41, 5.74) is 2.38. The van der Waals surface area contributed by atoms with Crippen LogP contribution in [-0.2, 0) is 22.6 Å². The Bertz CT molecular complexity index is 878. The molecule has 4 amide bonds. The summed E-state index contributed by atoms with van der Waals surface area (Å²) < 4.78 is 0. The van der Waals surface area contributed by atoms with E-state index in [0.717, 1.165) is 41.7 Å². The number of benzene rings is 1. The molecule has 4 rings (SSSR count). The quantitative estimate of drug-likeness (QED) is 0.780. The Balaban J connectivity index is 1.54. The maximum absolute atomic E-state index is 13.3. The van der Waals surface area contributed by atoms with Crippen LogP contribution in [0.5, 0.6) is 0 Å². The predicted octanol–water partition coefficient (Wildman–Crippen LogP) is 3.16. The van der Waals surface area contributed by atoms with Gasteiger partial charge < -0.3 is 10.2 Å². The van der Waals surface area contributed by atoms with E-state index < -0.39 is 11.6 Å². The first-order valence-electron chi connectivity index (χ1n) is 10.7. The van der Waals surface area contributed by atoms with E-state index >= 15 is 0 Å². The Morgan fingerprint density at radius 3 is 2.69 bits per heavy atom. The fraction of sp³-hybridized carbons (Fsp3) is 0.609. The smallest absolute Gasteiger partial charge is 0.325 e. The molecule has 2 aliphatic heterocycles. The predicted molar refractivity (Wildman–Crippen MR) is 110 cm³/mol. The second kappa shape index (κ2) is 6.85. The average Bonchev–Trinajstić information content (AvgIpc) is 2.88. The van der Waals surface area contributed by atoms with E-state index in [9.17, 15) is 14.4 Å². The van der Waals surface area contributed by atoms with E-state index in [1.54, 1.807) is 0 Å². The third kappa shape index (κ3) is 3.22. The van der Waals surface area contributed by atoms with Crippen molar-refractivity contribution >= 4 is 17.8 Å². The largest absolute Gasteiger partial charge is 0.331 e. The van der Waals surface area contributed by atoms with E-state index in [0.29, 0.717) is 13.0 Å². The highest BCUT2D eigenvalue weighted by Gasteiger charge is 2.55. The molecule has 2 unspecified atom stereocenters. The SMILES string of the molecule is Cc1ccc2c(c1)CN(C(=O)CN1C(=O)NC3(CCCCC3C)C1=O)C(C)(C)C2. The fourth-order valence-electron chi connectivity index (χ4n) is 5.31. The molecule has 3 aliphatic rings. The number of carbonyl (C=O) groups excluding carboxylic acids is 3. The number of urea groups is 1. The molecular formula is C23H31N3O3. The van der Waals surface area contributed by atoms with Crippen LogP contribution in [0.1, 0.15) is 63.1 Å². The Morgan fingerprint density at radius 2 is 1.97 bits per heavy atom. The molecule has 0 radical (unpaired) electrons. The summed E-state index contributed by atoms with van der Waals surface area (Å²) in [7, 11) is 0. The van der Waals surface area contributed by atoms with E-state index in [-0.39, 0.29) is 29.8 Å². The minimum atomic E-state index is -0.823. The number of carbonyl (C=O) groups is 3. The van der Waals surface area contributed by atoms with Crippen molar-refractivity contribution in [2.24, 2.45) is 5.92 Å². The Kier molecular flexibility index (Phi) is 4.71. The maximum atomic E-state index is 13.3. The normalized spacial score (nSPS) is 28.5. The molecule has 1 aliphatic carbocycles. The van der Waals surface area contributed by atoms with Crippen LogP contribution in [0.3, 0.4) is 0 Å². The molecular weight excluding hydrogens is 366 g/mol. The highest BCUT2D eigenvalue weighted by molar-refractivity contribution is 6.09. The summed E-state index contributed by atoms with van der Waals surface area (Å²) in [6, 6.07) is 5.94. The van der Waals surface area contributed by atoms with Crippen molar-refractivity contribution in [2.75, 3.05) is 6.54 Å². The highest BCUT2D eigenvalue weighted by Crippen LogP contribution is 2.38. The summed E-state index contributed by atoms with van der Waals surface area (Å²) in [4.78, 5) is 42.1. The van der Waals surface area contributed by atoms with Gasteiger partial charge in [0.1, 0.15) is 12.1 Å². The van der Waals surface area contributed by atoms with Crippen molar-refractivity contribution in [3.63, 3.8) is 0 Å². The standard InChI is InChI=1S/C23H31N3O3/c1-15-8-9-17-12-22(3,4)26(13-18(17)11-15)19(27)14-25-20(28)23(24-21(25)29)10-6-5-7-16(23)2/h8-9,11,16H,5-7,10,12-14H2,1-4H3,(H,24,29). The van der Waals surface area contributed by atoms with Crippen LogP contribution in [0.4, 0.5) is 4.79 Å². The zero-order valence-electron chi connectivity index (χ0n) is 17.9. The molecule has 156 valence electrons. The third-order valence-electron chi connectivity index (χ3n) is 7.14. The molecule has 1 spiro atoms. The van der Waals surface area contributed by atoms with Gasteiger partial charge in [0.2, 0.25) is 5.91 Å². The third-order valence-corrected chi connectivity index (χ3v) is 7.14. The van der Waals surface area contributed by atoms with Gasteiger partial charge in [-0.3, -0.25) is 14.5 Å². The number of fused-ring (bicyclic) bond motifs is 1. The lowest BCUT2D eigenvalue weighted by Crippen LogP contribution is -2.56. The molecule has 0 aromatic heterocycles. The average molecular weight is 398 g/mol. The van der Waals surface area contributed by atoms with E-state index in [4.69, 9.17) is 0 Å². The molecule has 2 fully saturated rings. The van der Waals surface area contributed by atoms with Crippen LogP contribution in [0.15, 0.2) is 18.2 Å². The summed E-state index contributed by atoms with van der Waals surface area (Å²) in [6.07, 6.45) is 4.34. The zero-order valence-corrected chi connectivity index (χ0v) is 17.9. The Labute approximate surface area is 172 Å². The molecule has 6 nitrogen and oxygen atoms in total.